The highest BCUT2D eigenvalue weighted by Crippen LogP contribution is 2.23. The van der Waals surface area contributed by atoms with Crippen molar-refractivity contribution in [2.24, 2.45) is 5.92 Å². The summed E-state index contributed by atoms with van der Waals surface area (Å²) < 4.78 is 0. The van der Waals surface area contributed by atoms with Crippen LogP contribution in [0.5, 0.6) is 0 Å². The summed E-state index contributed by atoms with van der Waals surface area (Å²) in [7, 11) is 0. The predicted octanol–water partition coefficient (Wildman–Crippen LogP) is 2.34. The lowest BCUT2D eigenvalue weighted by Crippen LogP contribution is -2.20. The molecular weight excluding hydrogens is 134 g/mol. The third-order valence-corrected chi connectivity index (χ3v) is 2.41. The highest BCUT2D eigenvalue weighted by Gasteiger charge is 2.13. The molecule has 0 radical (unpaired) electrons. The van der Waals surface area contributed by atoms with Crippen LogP contribution in [0.2, 0.25) is 0 Å². The van der Waals surface area contributed by atoms with Gasteiger partial charge in [0.05, 0.1) is 0 Å². The van der Waals surface area contributed by atoms with Gasteiger partial charge < -0.3 is 5.32 Å². The van der Waals surface area contributed by atoms with E-state index in [1.54, 1.807) is 0 Å². The average molecular weight is 153 g/mol. The van der Waals surface area contributed by atoms with E-state index < -0.39 is 0 Å². The standard InChI is InChI=1S/C10H19N/c1-2-3-8-11-9-10-6-4-5-7-10/h2-3,10-11H,4-9H2,1H3/b3-2+. The van der Waals surface area contributed by atoms with Gasteiger partial charge in [0.2, 0.25) is 0 Å². The molecule has 1 rings (SSSR count). The second kappa shape index (κ2) is 5.36. The fourth-order valence-electron chi connectivity index (χ4n) is 1.70. The maximum absolute atomic E-state index is 3.44. The second-order valence-electron chi connectivity index (χ2n) is 3.38. The highest BCUT2D eigenvalue weighted by atomic mass is 14.8. The third kappa shape index (κ3) is 3.57. The molecule has 11 heavy (non-hydrogen) atoms. The Morgan fingerprint density at radius 2 is 2.09 bits per heavy atom. The van der Waals surface area contributed by atoms with Crippen LogP contribution in [0, 0.1) is 5.92 Å². The van der Waals surface area contributed by atoms with Crippen molar-refractivity contribution in [2.75, 3.05) is 13.1 Å². The number of rotatable bonds is 4. The van der Waals surface area contributed by atoms with Crippen LogP contribution in [0.3, 0.4) is 0 Å². The summed E-state index contributed by atoms with van der Waals surface area (Å²) in [6, 6.07) is 0. The van der Waals surface area contributed by atoms with E-state index in [9.17, 15) is 0 Å². The van der Waals surface area contributed by atoms with E-state index in [-0.39, 0.29) is 0 Å². The van der Waals surface area contributed by atoms with Crippen LogP contribution >= 0.6 is 0 Å². The van der Waals surface area contributed by atoms with Crippen LogP contribution in [0.15, 0.2) is 12.2 Å². The maximum atomic E-state index is 3.44. The fraction of sp³-hybridized carbons (Fsp3) is 0.800. The van der Waals surface area contributed by atoms with Crippen molar-refractivity contribution in [3.8, 4) is 0 Å². The number of nitrogens with one attached hydrogen (secondary N) is 1. The van der Waals surface area contributed by atoms with Crippen LogP contribution in [0.4, 0.5) is 0 Å². The first-order valence-electron chi connectivity index (χ1n) is 4.75. The van der Waals surface area contributed by atoms with E-state index in [1.165, 1.54) is 32.2 Å². The Hall–Kier alpha value is -0.300. The fourth-order valence-corrected chi connectivity index (χ4v) is 1.70. The Labute approximate surface area is 69.9 Å². The number of allylic oxidation sites excluding steroid dienone is 1. The summed E-state index contributed by atoms with van der Waals surface area (Å²) in [5.41, 5.74) is 0. The SMILES string of the molecule is C/C=C/CNCC1CCCC1. The van der Waals surface area contributed by atoms with Crippen molar-refractivity contribution in [2.45, 2.75) is 32.6 Å². The molecule has 1 heteroatoms. The van der Waals surface area contributed by atoms with E-state index in [4.69, 9.17) is 0 Å². The summed E-state index contributed by atoms with van der Waals surface area (Å²) in [6.45, 7) is 4.34. The molecule has 0 aromatic rings. The van der Waals surface area contributed by atoms with Crippen molar-refractivity contribution in [1.29, 1.82) is 0 Å². The van der Waals surface area contributed by atoms with Gasteiger partial charge in [-0.25, -0.2) is 0 Å². The summed E-state index contributed by atoms with van der Waals surface area (Å²) in [4.78, 5) is 0. The molecule has 0 heterocycles. The van der Waals surface area contributed by atoms with E-state index in [2.05, 4.69) is 24.4 Å². The average Bonchev–Trinajstić information content (AvgIpc) is 2.50. The van der Waals surface area contributed by atoms with E-state index in [0.29, 0.717) is 0 Å². The molecule has 0 atom stereocenters. The molecule has 0 aromatic carbocycles. The molecule has 0 unspecified atom stereocenters. The summed E-state index contributed by atoms with van der Waals surface area (Å²) in [6.07, 6.45) is 10.1. The summed E-state index contributed by atoms with van der Waals surface area (Å²) >= 11 is 0. The first-order chi connectivity index (χ1) is 5.43. The normalized spacial score (nSPS) is 20.1. The van der Waals surface area contributed by atoms with Crippen molar-refractivity contribution in [3.63, 3.8) is 0 Å². The van der Waals surface area contributed by atoms with Crippen LogP contribution in [0.25, 0.3) is 0 Å². The summed E-state index contributed by atoms with van der Waals surface area (Å²) in [5.74, 6) is 0.972. The number of hydrogen-bond donors (Lipinski definition) is 1. The van der Waals surface area contributed by atoms with Gasteiger partial charge >= 0.3 is 0 Å². The first kappa shape index (κ1) is 8.79. The Kier molecular flexibility index (Phi) is 4.29. The van der Waals surface area contributed by atoms with Crippen molar-refractivity contribution in [3.05, 3.63) is 12.2 Å². The molecule has 1 fully saturated rings. The molecule has 64 valence electrons. The quantitative estimate of drug-likeness (QED) is 0.483. The van der Waals surface area contributed by atoms with Gasteiger partial charge in [-0.15, -0.1) is 0 Å². The highest BCUT2D eigenvalue weighted by molar-refractivity contribution is 4.80. The van der Waals surface area contributed by atoms with E-state index >= 15 is 0 Å². The Balaban J connectivity index is 1.93. The lowest BCUT2D eigenvalue weighted by molar-refractivity contribution is 0.505. The molecular formula is C10H19N. The molecule has 0 spiro atoms. The van der Waals surface area contributed by atoms with Crippen LogP contribution in [0.1, 0.15) is 32.6 Å². The van der Waals surface area contributed by atoms with Crippen molar-refractivity contribution in [1.82, 2.24) is 5.32 Å². The predicted molar refractivity (Wildman–Crippen MR) is 49.6 cm³/mol. The minimum absolute atomic E-state index is 0.972. The van der Waals surface area contributed by atoms with Gasteiger partial charge in [-0.2, -0.15) is 0 Å². The molecule has 0 saturated heterocycles. The van der Waals surface area contributed by atoms with Gasteiger partial charge in [0, 0.05) is 6.54 Å². The minimum Gasteiger partial charge on any atom is -0.313 e. The van der Waals surface area contributed by atoms with Crippen LogP contribution in [-0.4, -0.2) is 13.1 Å². The molecule has 0 aromatic heterocycles. The monoisotopic (exact) mass is 153 g/mol. The minimum atomic E-state index is 0.972. The van der Waals surface area contributed by atoms with Crippen molar-refractivity contribution < 1.29 is 0 Å². The lowest BCUT2D eigenvalue weighted by atomic mass is 10.1. The molecule has 0 amide bonds. The van der Waals surface area contributed by atoms with Crippen molar-refractivity contribution >= 4 is 0 Å². The molecule has 1 nitrogen and oxygen atoms in total. The third-order valence-electron chi connectivity index (χ3n) is 2.41. The van der Waals surface area contributed by atoms with Crippen LogP contribution < -0.4 is 5.32 Å². The smallest absolute Gasteiger partial charge is 0.0134 e. The Bertz CT molecular complexity index is 112. The van der Waals surface area contributed by atoms with Crippen LogP contribution in [-0.2, 0) is 0 Å². The zero-order valence-electron chi connectivity index (χ0n) is 7.47. The molecule has 0 bridgehead atoms. The molecule has 0 aliphatic heterocycles. The molecule has 1 saturated carbocycles. The molecule has 1 aliphatic rings. The van der Waals surface area contributed by atoms with Gasteiger partial charge in [0.25, 0.3) is 0 Å². The van der Waals surface area contributed by atoms with Gasteiger partial charge in [-0.05, 0) is 32.2 Å². The first-order valence-corrected chi connectivity index (χ1v) is 4.75. The van der Waals surface area contributed by atoms with Gasteiger partial charge in [-0.3, -0.25) is 0 Å². The summed E-state index contributed by atoms with van der Waals surface area (Å²) in [5, 5.41) is 3.44. The van der Waals surface area contributed by atoms with E-state index in [1.807, 2.05) is 0 Å². The maximum Gasteiger partial charge on any atom is 0.0134 e. The molecule has 1 aliphatic carbocycles. The van der Waals surface area contributed by atoms with Gasteiger partial charge in [0.15, 0.2) is 0 Å². The zero-order chi connectivity index (χ0) is 7.94. The Morgan fingerprint density at radius 3 is 2.73 bits per heavy atom. The topological polar surface area (TPSA) is 12.0 Å². The molecule has 1 N–H and O–H groups in total. The van der Waals surface area contributed by atoms with Gasteiger partial charge in [0.1, 0.15) is 0 Å². The zero-order valence-corrected chi connectivity index (χ0v) is 7.47. The largest absolute Gasteiger partial charge is 0.313 e. The Morgan fingerprint density at radius 1 is 1.36 bits per heavy atom. The number of hydrogen-bond acceptors (Lipinski definition) is 1. The lowest BCUT2D eigenvalue weighted by Gasteiger charge is -2.07. The second-order valence-corrected chi connectivity index (χ2v) is 3.38. The van der Waals surface area contributed by atoms with Gasteiger partial charge in [-0.1, -0.05) is 25.0 Å². The van der Waals surface area contributed by atoms with E-state index in [0.717, 1.165) is 12.5 Å².